The molecule has 0 rings (SSSR count). The average molecular weight is 163 g/mol. The second-order valence-electron chi connectivity index (χ2n) is 3.63. The zero-order chi connectivity index (χ0) is 8.36. The van der Waals surface area contributed by atoms with Crippen LogP contribution < -0.4 is 0 Å². The molecule has 2 heteroatoms. The minimum Gasteiger partial charge on any atom is -0.281 e. The maximum atomic E-state index is 10.8. The van der Waals surface area contributed by atoms with Crippen molar-refractivity contribution in [2.45, 2.75) is 34.1 Å². The summed E-state index contributed by atoms with van der Waals surface area (Å²) in [7, 11) is 0. The summed E-state index contributed by atoms with van der Waals surface area (Å²) in [5, 5.41) is -0.213. The van der Waals surface area contributed by atoms with Crippen LogP contribution in [0.15, 0.2) is 0 Å². The molecule has 0 saturated carbocycles. The second-order valence-corrected chi connectivity index (χ2v) is 4.00. The van der Waals surface area contributed by atoms with Crippen molar-refractivity contribution in [1.82, 2.24) is 0 Å². The highest BCUT2D eigenvalue weighted by Crippen LogP contribution is 2.30. The standard InChI is InChI=1S/C8H15ClO/c1-5-6(7(9)10)8(2,3)4/h6H,5H2,1-4H3. The van der Waals surface area contributed by atoms with E-state index in [9.17, 15) is 4.79 Å². The topological polar surface area (TPSA) is 17.1 Å². The Balaban J connectivity index is 4.22. The molecule has 0 spiro atoms. The van der Waals surface area contributed by atoms with E-state index in [1.165, 1.54) is 0 Å². The molecule has 1 atom stereocenters. The monoisotopic (exact) mass is 162 g/mol. The molecule has 0 aliphatic heterocycles. The maximum Gasteiger partial charge on any atom is 0.225 e. The van der Waals surface area contributed by atoms with Crippen molar-refractivity contribution in [1.29, 1.82) is 0 Å². The molecule has 0 N–H and O–H groups in total. The van der Waals surface area contributed by atoms with Gasteiger partial charge >= 0.3 is 0 Å². The molecule has 10 heavy (non-hydrogen) atoms. The molecule has 60 valence electrons. The second kappa shape index (κ2) is 3.38. The molecule has 0 bridgehead atoms. The van der Waals surface area contributed by atoms with Gasteiger partial charge in [0.15, 0.2) is 0 Å². The molecule has 1 unspecified atom stereocenters. The lowest BCUT2D eigenvalue weighted by Crippen LogP contribution is -2.24. The van der Waals surface area contributed by atoms with Gasteiger partial charge in [0.2, 0.25) is 5.24 Å². The molecule has 0 aliphatic carbocycles. The Bertz CT molecular complexity index is 124. The van der Waals surface area contributed by atoms with Crippen molar-refractivity contribution in [3.63, 3.8) is 0 Å². The normalized spacial score (nSPS) is 14.9. The van der Waals surface area contributed by atoms with Crippen LogP contribution in [0.3, 0.4) is 0 Å². The van der Waals surface area contributed by atoms with Crippen LogP contribution in [0.2, 0.25) is 0 Å². The van der Waals surface area contributed by atoms with Gasteiger partial charge in [-0.25, -0.2) is 0 Å². The van der Waals surface area contributed by atoms with Gasteiger partial charge in [0, 0.05) is 5.92 Å². The number of hydrogen-bond donors (Lipinski definition) is 0. The summed E-state index contributed by atoms with van der Waals surface area (Å²) < 4.78 is 0. The van der Waals surface area contributed by atoms with Gasteiger partial charge in [-0.05, 0) is 23.4 Å². The molecule has 0 aliphatic rings. The zero-order valence-corrected chi connectivity index (χ0v) is 7.83. The summed E-state index contributed by atoms with van der Waals surface area (Å²) in [5.74, 6) is -0.00540. The van der Waals surface area contributed by atoms with E-state index in [2.05, 4.69) is 0 Å². The molecule has 1 nitrogen and oxygen atoms in total. The van der Waals surface area contributed by atoms with E-state index >= 15 is 0 Å². The smallest absolute Gasteiger partial charge is 0.225 e. The first-order valence-electron chi connectivity index (χ1n) is 3.59. The highest BCUT2D eigenvalue weighted by Gasteiger charge is 2.27. The minimum atomic E-state index is -0.213. The lowest BCUT2D eigenvalue weighted by molar-refractivity contribution is -0.118. The van der Waals surface area contributed by atoms with Gasteiger partial charge in [0.1, 0.15) is 0 Å². The van der Waals surface area contributed by atoms with Gasteiger partial charge in [-0.15, -0.1) is 0 Å². The van der Waals surface area contributed by atoms with Gasteiger partial charge < -0.3 is 0 Å². The molecular weight excluding hydrogens is 148 g/mol. The van der Waals surface area contributed by atoms with E-state index < -0.39 is 0 Å². The summed E-state index contributed by atoms with van der Waals surface area (Å²) in [6.45, 7) is 8.07. The van der Waals surface area contributed by atoms with Gasteiger partial charge in [-0.3, -0.25) is 4.79 Å². The number of halogens is 1. The van der Waals surface area contributed by atoms with E-state index in [1.54, 1.807) is 0 Å². The van der Waals surface area contributed by atoms with Crippen LogP contribution >= 0.6 is 11.6 Å². The summed E-state index contributed by atoms with van der Waals surface area (Å²) in [4.78, 5) is 10.8. The Hall–Kier alpha value is -0.0400. The van der Waals surface area contributed by atoms with Crippen molar-refractivity contribution in [2.75, 3.05) is 0 Å². The Morgan fingerprint density at radius 2 is 1.90 bits per heavy atom. The third-order valence-corrected chi connectivity index (χ3v) is 1.99. The van der Waals surface area contributed by atoms with Crippen LogP contribution in [0.4, 0.5) is 0 Å². The summed E-state index contributed by atoms with van der Waals surface area (Å²) in [6.07, 6.45) is 0.825. The number of rotatable bonds is 2. The van der Waals surface area contributed by atoms with E-state index in [4.69, 9.17) is 11.6 Å². The van der Waals surface area contributed by atoms with Crippen LogP contribution in [0.25, 0.3) is 0 Å². The molecule has 0 amide bonds. The van der Waals surface area contributed by atoms with Crippen LogP contribution in [0, 0.1) is 11.3 Å². The molecule has 0 aromatic heterocycles. The van der Waals surface area contributed by atoms with Crippen molar-refractivity contribution < 1.29 is 4.79 Å². The Morgan fingerprint density at radius 1 is 1.50 bits per heavy atom. The highest BCUT2D eigenvalue weighted by molar-refractivity contribution is 6.64. The van der Waals surface area contributed by atoms with Crippen LogP contribution in [0.1, 0.15) is 34.1 Å². The van der Waals surface area contributed by atoms with Gasteiger partial charge in [0.05, 0.1) is 0 Å². The van der Waals surface area contributed by atoms with E-state index in [-0.39, 0.29) is 16.6 Å². The van der Waals surface area contributed by atoms with Crippen molar-refractivity contribution in [3.8, 4) is 0 Å². The summed E-state index contributed by atoms with van der Waals surface area (Å²) in [5.41, 5.74) is 0.00752. The van der Waals surface area contributed by atoms with Crippen LogP contribution in [-0.4, -0.2) is 5.24 Å². The van der Waals surface area contributed by atoms with Crippen LogP contribution in [0.5, 0.6) is 0 Å². The SMILES string of the molecule is CCC(C(=O)Cl)C(C)(C)C. The lowest BCUT2D eigenvalue weighted by Gasteiger charge is -2.25. The Kier molecular flexibility index (Phi) is 3.37. The van der Waals surface area contributed by atoms with E-state index in [0.29, 0.717) is 0 Å². The number of carbonyl (C=O) groups excluding carboxylic acids is 1. The first-order valence-corrected chi connectivity index (χ1v) is 3.96. The van der Waals surface area contributed by atoms with Crippen molar-refractivity contribution >= 4 is 16.8 Å². The third-order valence-electron chi connectivity index (χ3n) is 1.73. The fraction of sp³-hybridized carbons (Fsp3) is 0.875. The predicted molar refractivity (Wildman–Crippen MR) is 44.1 cm³/mol. The van der Waals surface area contributed by atoms with Gasteiger partial charge in [-0.2, -0.15) is 0 Å². The summed E-state index contributed by atoms with van der Waals surface area (Å²) in [6, 6.07) is 0. The quantitative estimate of drug-likeness (QED) is 0.571. The molecular formula is C8H15ClO. The van der Waals surface area contributed by atoms with E-state index in [1.807, 2.05) is 27.7 Å². The third kappa shape index (κ3) is 2.70. The van der Waals surface area contributed by atoms with Gasteiger partial charge in [0.25, 0.3) is 0 Å². The molecule has 0 fully saturated rings. The molecule has 0 radical (unpaired) electrons. The Labute approximate surface area is 67.8 Å². The molecule has 0 heterocycles. The van der Waals surface area contributed by atoms with Crippen LogP contribution in [-0.2, 0) is 4.79 Å². The van der Waals surface area contributed by atoms with E-state index in [0.717, 1.165) is 6.42 Å². The first kappa shape index (κ1) is 9.96. The predicted octanol–water partition coefficient (Wildman–Crippen LogP) is 2.82. The number of carbonyl (C=O) groups is 1. The van der Waals surface area contributed by atoms with Gasteiger partial charge in [-0.1, -0.05) is 27.7 Å². The average Bonchev–Trinajstić information content (AvgIpc) is 1.60. The fourth-order valence-corrected chi connectivity index (χ4v) is 1.59. The minimum absolute atomic E-state index is 0.00540. The Morgan fingerprint density at radius 3 is 1.90 bits per heavy atom. The maximum absolute atomic E-state index is 10.8. The summed E-state index contributed by atoms with van der Waals surface area (Å²) >= 11 is 5.39. The number of hydrogen-bond acceptors (Lipinski definition) is 1. The van der Waals surface area contributed by atoms with Crippen molar-refractivity contribution in [3.05, 3.63) is 0 Å². The molecule has 0 aromatic rings. The molecule has 0 saturated heterocycles. The van der Waals surface area contributed by atoms with Crippen molar-refractivity contribution in [2.24, 2.45) is 11.3 Å². The fourth-order valence-electron chi connectivity index (χ4n) is 1.11. The highest BCUT2D eigenvalue weighted by atomic mass is 35.5. The zero-order valence-electron chi connectivity index (χ0n) is 7.07. The first-order chi connectivity index (χ1) is 4.39. The lowest BCUT2D eigenvalue weighted by atomic mass is 9.80. The molecule has 0 aromatic carbocycles. The largest absolute Gasteiger partial charge is 0.281 e.